The molecule has 20 heavy (non-hydrogen) atoms. The summed E-state index contributed by atoms with van der Waals surface area (Å²) in [6, 6.07) is 0.00887. The molecule has 0 fully saturated rings. The van der Waals surface area contributed by atoms with Crippen molar-refractivity contribution in [2.24, 2.45) is 21.7 Å². The highest BCUT2D eigenvalue weighted by molar-refractivity contribution is 6.06. The van der Waals surface area contributed by atoms with Crippen molar-refractivity contribution in [2.45, 2.75) is 73.3 Å². The van der Waals surface area contributed by atoms with Crippen LogP contribution < -0.4 is 11.1 Å². The third-order valence-corrected chi connectivity index (χ3v) is 4.03. The van der Waals surface area contributed by atoms with Crippen LogP contribution in [0.25, 0.3) is 0 Å². The van der Waals surface area contributed by atoms with Crippen molar-refractivity contribution >= 4 is 11.7 Å². The second-order valence-corrected chi connectivity index (χ2v) is 6.63. The van der Waals surface area contributed by atoms with Crippen molar-refractivity contribution in [3.63, 3.8) is 0 Å². The summed E-state index contributed by atoms with van der Waals surface area (Å²) in [6.07, 6.45) is 2.76. The van der Waals surface area contributed by atoms with Gasteiger partial charge in [-0.15, -0.1) is 0 Å². The zero-order chi connectivity index (χ0) is 16.0. The van der Waals surface area contributed by atoms with E-state index in [-0.39, 0.29) is 23.2 Å². The van der Waals surface area contributed by atoms with Crippen molar-refractivity contribution in [3.8, 4) is 0 Å². The molecule has 0 saturated carbocycles. The topological polar surface area (TPSA) is 87.7 Å². The number of rotatable bonds is 7. The zero-order valence-corrected chi connectivity index (χ0v) is 13.8. The van der Waals surface area contributed by atoms with Crippen molar-refractivity contribution in [1.82, 2.24) is 5.32 Å². The van der Waals surface area contributed by atoms with Gasteiger partial charge in [0.05, 0.1) is 0 Å². The highest BCUT2D eigenvalue weighted by Gasteiger charge is 2.42. The van der Waals surface area contributed by atoms with Gasteiger partial charge < -0.3 is 16.3 Å². The first-order chi connectivity index (χ1) is 9.15. The Balaban J connectivity index is 5.36. The molecule has 0 spiro atoms. The number of amides is 1. The predicted octanol–water partition coefficient (Wildman–Crippen LogP) is 2.87. The number of hydrogen-bond donors (Lipinski definition) is 3. The number of nitrogens with zero attached hydrogens (tertiary/aromatic N) is 1. The Hall–Kier alpha value is -1.26. The molecule has 1 amide bonds. The fourth-order valence-electron chi connectivity index (χ4n) is 2.23. The molecule has 0 saturated heterocycles. The molecular weight excluding hydrogens is 254 g/mol. The number of carbonyl (C=O) groups is 1. The van der Waals surface area contributed by atoms with Gasteiger partial charge in [-0.05, 0) is 25.2 Å². The van der Waals surface area contributed by atoms with Gasteiger partial charge in [-0.25, -0.2) is 0 Å². The maximum absolute atomic E-state index is 12.7. The first-order valence-corrected chi connectivity index (χ1v) is 7.44. The number of carbonyl (C=O) groups excluding carboxylic acids is 1. The van der Waals surface area contributed by atoms with Crippen LogP contribution in [0.1, 0.15) is 67.2 Å². The molecule has 0 rings (SSSR count). The molecule has 0 aliphatic heterocycles. The standard InChI is InChI=1S/C15H31N3O2/c1-7-9-15(10-8-2,12(16)18-20)13(19)17-11(3)14(4,5)6/h11,20H,7-10H2,1-6H3,(H2,16,18)(H,17,19). The van der Waals surface area contributed by atoms with Crippen LogP contribution in [0.3, 0.4) is 0 Å². The lowest BCUT2D eigenvalue weighted by atomic mass is 9.76. The van der Waals surface area contributed by atoms with E-state index in [4.69, 9.17) is 10.9 Å². The minimum atomic E-state index is -0.905. The zero-order valence-electron chi connectivity index (χ0n) is 13.8. The third kappa shape index (κ3) is 4.39. The number of amidine groups is 1. The Morgan fingerprint density at radius 2 is 1.70 bits per heavy atom. The molecule has 1 unspecified atom stereocenters. The van der Waals surface area contributed by atoms with E-state index in [9.17, 15) is 4.79 Å². The summed E-state index contributed by atoms with van der Waals surface area (Å²) >= 11 is 0. The predicted molar refractivity (Wildman–Crippen MR) is 82.7 cm³/mol. The summed E-state index contributed by atoms with van der Waals surface area (Å²) in [4.78, 5) is 12.7. The Morgan fingerprint density at radius 1 is 1.25 bits per heavy atom. The minimum absolute atomic E-state index is 0.00887. The number of oxime groups is 1. The lowest BCUT2D eigenvalue weighted by molar-refractivity contribution is -0.129. The lowest BCUT2D eigenvalue weighted by Gasteiger charge is -2.35. The van der Waals surface area contributed by atoms with E-state index in [0.717, 1.165) is 12.8 Å². The van der Waals surface area contributed by atoms with E-state index >= 15 is 0 Å². The van der Waals surface area contributed by atoms with Crippen molar-refractivity contribution in [1.29, 1.82) is 0 Å². The van der Waals surface area contributed by atoms with Gasteiger partial charge in [0.15, 0.2) is 5.84 Å². The summed E-state index contributed by atoms with van der Waals surface area (Å²) in [5.41, 5.74) is 4.91. The van der Waals surface area contributed by atoms with Crippen LogP contribution in [0.5, 0.6) is 0 Å². The molecular formula is C15H31N3O2. The van der Waals surface area contributed by atoms with E-state index in [1.165, 1.54) is 0 Å². The molecule has 0 aromatic heterocycles. The van der Waals surface area contributed by atoms with Crippen molar-refractivity contribution in [3.05, 3.63) is 0 Å². The van der Waals surface area contributed by atoms with Gasteiger partial charge in [-0.1, -0.05) is 52.6 Å². The maximum Gasteiger partial charge on any atom is 0.234 e. The molecule has 0 aliphatic rings. The monoisotopic (exact) mass is 285 g/mol. The molecule has 1 atom stereocenters. The van der Waals surface area contributed by atoms with Crippen LogP contribution in [0.15, 0.2) is 5.16 Å². The van der Waals surface area contributed by atoms with E-state index in [2.05, 4.69) is 31.2 Å². The van der Waals surface area contributed by atoms with E-state index < -0.39 is 5.41 Å². The highest BCUT2D eigenvalue weighted by atomic mass is 16.4. The van der Waals surface area contributed by atoms with Crippen LogP contribution in [-0.2, 0) is 4.79 Å². The van der Waals surface area contributed by atoms with Crippen molar-refractivity contribution in [2.75, 3.05) is 0 Å². The van der Waals surface area contributed by atoms with Gasteiger partial charge in [0, 0.05) is 6.04 Å². The molecule has 0 bridgehead atoms. The highest BCUT2D eigenvalue weighted by Crippen LogP contribution is 2.32. The molecule has 0 heterocycles. The largest absolute Gasteiger partial charge is 0.409 e. The summed E-state index contributed by atoms with van der Waals surface area (Å²) in [6.45, 7) is 12.2. The van der Waals surface area contributed by atoms with Crippen LogP contribution in [-0.4, -0.2) is 23.0 Å². The summed E-state index contributed by atoms with van der Waals surface area (Å²) in [5.74, 6) is -0.126. The smallest absolute Gasteiger partial charge is 0.234 e. The van der Waals surface area contributed by atoms with Gasteiger partial charge >= 0.3 is 0 Å². The molecule has 5 nitrogen and oxygen atoms in total. The lowest BCUT2D eigenvalue weighted by Crippen LogP contribution is -2.54. The third-order valence-electron chi connectivity index (χ3n) is 4.03. The second-order valence-electron chi connectivity index (χ2n) is 6.63. The first-order valence-electron chi connectivity index (χ1n) is 7.44. The quantitative estimate of drug-likeness (QED) is 0.291. The molecule has 118 valence electrons. The van der Waals surface area contributed by atoms with Crippen LogP contribution in [0, 0.1) is 10.8 Å². The molecule has 0 radical (unpaired) electrons. The van der Waals surface area contributed by atoms with Crippen LogP contribution >= 0.6 is 0 Å². The number of nitrogens with one attached hydrogen (secondary N) is 1. The van der Waals surface area contributed by atoms with E-state index in [0.29, 0.717) is 12.8 Å². The maximum atomic E-state index is 12.7. The number of hydrogen-bond acceptors (Lipinski definition) is 3. The summed E-state index contributed by atoms with van der Waals surface area (Å²) < 4.78 is 0. The fraction of sp³-hybridized carbons (Fsp3) is 0.867. The average molecular weight is 285 g/mol. The van der Waals surface area contributed by atoms with Crippen LogP contribution in [0.4, 0.5) is 0 Å². The SMILES string of the molecule is CCCC(CCC)(C(=O)NC(C)C(C)(C)C)C(N)=NO. The second kappa shape index (κ2) is 7.50. The molecule has 0 aromatic carbocycles. The van der Waals surface area contributed by atoms with Gasteiger partial charge in [0.1, 0.15) is 5.41 Å². The van der Waals surface area contributed by atoms with E-state index in [1.807, 2.05) is 20.8 Å². The Labute approximate surface area is 123 Å². The Kier molecular flexibility index (Phi) is 7.03. The van der Waals surface area contributed by atoms with Crippen LogP contribution in [0.2, 0.25) is 0 Å². The van der Waals surface area contributed by atoms with E-state index in [1.54, 1.807) is 0 Å². The normalized spacial score (nSPS) is 15.0. The van der Waals surface area contributed by atoms with Crippen molar-refractivity contribution < 1.29 is 10.0 Å². The first kappa shape index (κ1) is 18.7. The van der Waals surface area contributed by atoms with Gasteiger partial charge in [-0.3, -0.25) is 4.79 Å². The molecule has 4 N–H and O–H groups in total. The summed E-state index contributed by atoms with van der Waals surface area (Å²) in [5, 5.41) is 15.2. The fourth-order valence-corrected chi connectivity index (χ4v) is 2.23. The Morgan fingerprint density at radius 3 is 2.00 bits per heavy atom. The van der Waals surface area contributed by atoms with Gasteiger partial charge in [0.25, 0.3) is 0 Å². The average Bonchev–Trinajstić information content (AvgIpc) is 2.35. The Bertz CT molecular complexity index is 340. The molecule has 5 heteroatoms. The minimum Gasteiger partial charge on any atom is -0.409 e. The molecule has 0 aliphatic carbocycles. The van der Waals surface area contributed by atoms with Gasteiger partial charge in [0.2, 0.25) is 5.91 Å². The molecule has 0 aromatic rings. The number of nitrogens with two attached hydrogens (primary N) is 1. The van der Waals surface area contributed by atoms with Gasteiger partial charge in [-0.2, -0.15) is 0 Å². The summed E-state index contributed by atoms with van der Waals surface area (Å²) in [7, 11) is 0.